The van der Waals surface area contributed by atoms with Gasteiger partial charge in [0.05, 0.1) is 17.1 Å². The second-order valence-electron chi connectivity index (χ2n) is 7.01. The molecule has 2 unspecified atom stereocenters. The molecule has 8 nitrogen and oxygen atoms in total. The van der Waals surface area contributed by atoms with E-state index in [1.165, 1.54) is 0 Å². The molecule has 0 aliphatic carbocycles. The third-order valence-corrected chi connectivity index (χ3v) is 5.01. The molecule has 0 aliphatic rings. The van der Waals surface area contributed by atoms with E-state index in [2.05, 4.69) is 37.8 Å². The van der Waals surface area contributed by atoms with Crippen molar-refractivity contribution in [2.24, 2.45) is 0 Å². The number of hydrogen-bond donors (Lipinski definition) is 1. The zero-order valence-corrected chi connectivity index (χ0v) is 15.9. The Hall–Kier alpha value is -3.81. The highest BCUT2D eigenvalue weighted by Gasteiger charge is 2.21. The summed E-state index contributed by atoms with van der Waals surface area (Å²) < 4.78 is 3.88. The fourth-order valence-electron chi connectivity index (χ4n) is 3.59. The minimum atomic E-state index is -0.157. The predicted molar refractivity (Wildman–Crippen MR) is 111 cm³/mol. The number of para-hydroxylation sites is 2. The Bertz CT molecular complexity index is 1240. The van der Waals surface area contributed by atoms with Crippen LogP contribution in [0.25, 0.3) is 22.1 Å². The topological polar surface area (TPSA) is 86.3 Å². The van der Waals surface area contributed by atoms with Gasteiger partial charge in [-0.3, -0.25) is 0 Å². The summed E-state index contributed by atoms with van der Waals surface area (Å²) in [5.41, 5.74) is 3.73. The van der Waals surface area contributed by atoms with Crippen LogP contribution in [0.3, 0.4) is 0 Å². The summed E-state index contributed by atoms with van der Waals surface area (Å²) in [6.45, 7) is 2.13. The molecule has 144 valence electrons. The zero-order chi connectivity index (χ0) is 19.6. The fraction of sp³-hybridized carbons (Fsp3) is 0.190. The smallest absolute Gasteiger partial charge is 0.127 e. The third-order valence-electron chi connectivity index (χ3n) is 5.01. The highest BCUT2D eigenvalue weighted by Crippen LogP contribution is 2.27. The molecule has 0 aliphatic heterocycles. The van der Waals surface area contributed by atoms with Crippen molar-refractivity contribution in [2.45, 2.75) is 25.6 Å². The lowest BCUT2D eigenvalue weighted by Crippen LogP contribution is -2.24. The van der Waals surface area contributed by atoms with Crippen molar-refractivity contribution >= 4 is 27.9 Å². The Morgan fingerprint density at radius 1 is 0.793 bits per heavy atom. The summed E-state index contributed by atoms with van der Waals surface area (Å²) >= 11 is 0. The van der Waals surface area contributed by atoms with E-state index in [4.69, 9.17) is 0 Å². The molecule has 2 atom stereocenters. The second-order valence-corrected chi connectivity index (χ2v) is 7.01. The van der Waals surface area contributed by atoms with Crippen LogP contribution in [0.5, 0.6) is 0 Å². The number of aromatic nitrogens is 7. The lowest BCUT2D eigenvalue weighted by atomic mass is 10.1. The van der Waals surface area contributed by atoms with Crippen LogP contribution < -0.4 is 5.32 Å². The molecule has 5 aromatic rings. The average molecular weight is 384 g/mol. The summed E-state index contributed by atoms with van der Waals surface area (Å²) in [6.07, 6.45) is 2.33. The van der Waals surface area contributed by atoms with Gasteiger partial charge in [0.15, 0.2) is 0 Å². The molecule has 3 heterocycles. The Kier molecular flexibility index (Phi) is 4.36. The van der Waals surface area contributed by atoms with Gasteiger partial charge in [0.25, 0.3) is 0 Å². The SMILES string of the molecule is CC(CC(Nc1ccccn1)n1nnc2ccccc21)n1nnc2ccccc21. The van der Waals surface area contributed by atoms with Gasteiger partial charge in [0.2, 0.25) is 0 Å². The molecule has 1 N–H and O–H groups in total. The molecule has 0 radical (unpaired) electrons. The number of benzene rings is 2. The first kappa shape index (κ1) is 17.3. The van der Waals surface area contributed by atoms with Gasteiger partial charge in [-0.25, -0.2) is 14.3 Å². The summed E-state index contributed by atoms with van der Waals surface area (Å²) in [4.78, 5) is 4.42. The fourth-order valence-corrected chi connectivity index (χ4v) is 3.59. The van der Waals surface area contributed by atoms with E-state index in [9.17, 15) is 0 Å². The molecule has 5 rings (SSSR count). The standard InChI is InChI=1S/C21H20N8/c1-15(28-18-10-4-2-8-16(18)24-26-28)14-21(23-20-12-6-7-13-22-20)29-19-11-5-3-9-17(19)25-27-29/h2-13,15,21H,14H2,1H3,(H,22,23). The van der Waals surface area contributed by atoms with Crippen LogP contribution in [0.4, 0.5) is 5.82 Å². The van der Waals surface area contributed by atoms with E-state index in [-0.39, 0.29) is 12.2 Å². The molecule has 0 spiro atoms. The van der Waals surface area contributed by atoms with Crippen LogP contribution >= 0.6 is 0 Å². The molecule has 0 saturated heterocycles. The van der Waals surface area contributed by atoms with Crippen molar-refractivity contribution in [3.8, 4) is 0 Å². The van der Waals surface area contributed by atoms with Gasteiger partial charge in [-0.1, -0.05) is 40.8 Å². The van der Waals surface area contributed by atoms with Crippen molar-refractivity contribution in [2.75, 3.05) is 5.32 Å². The first-order chi connectivity index (χ1) is 14.3. The van der Waals surface area contributed by atoms with Gasteiger partial charge < -0.3 is 5.32 Å². The van der Waals surface area contributed by atoms with Crippen molar-refractivity contribution in [3.63, 3.8) is 0 Å². The number of rotatable bonds is 6. The maximum Gasteiger partial charge on any atom is 0.127 e. The van der Waals surface area contributed by atoms with Gasteiger partial charge >= 0.3 is 0 Å². The summed E-state index contributed by atoms with van der Waals surface area (Å²) in [7, 11) is 0. The Morgan fingerprint density at radius 2 is 1.41 bits per heavy atom. The molecule has 0 saturated carbocycles. The molecule has 2 aromatic carbocycles. The van der Waals surface area contributed by atoms with Gasteiger partial charge in [0.1, 0.15) is 23.0 Å². The van der Waals surface area contributed by atoms with Gasteiger partial charge in [-0.05, 0) is 43.3 Å². The Morgan fingerprint density at radius 3 is 2.10 bits per heavy atom. The minimum absolute atomic E-state index is 0.0755. The van der Waals surface area contributed by atoms with Crippen LogP contribution in [0.2, 0.25) is 0 Å². The number of fused-ring (bicyclic) bond motifs is 2. The van der Waals surface area contributed by atoms with Crippen LogP contribution in [-0.4, -0.2) is 35.0 Å². The quantitative estimate of drug-likeness (QED) is 0.479. The number of hydrogen-bond acceptors (Lipinski definition) is 6. The predicted octanol–water partition coefficient (Wildman–Crippen LogP) is 3.83. The third kappa shape index (κ3) is 3.29. The number of pyridine rings is 1. The highest BCUT2D eigenvalue weighted by atomic mass is 15.5. The van der Waals surface area contributed by atoms with Gasteiger partial charge in [-0.2, -0.15) is 0 Å². The largest absolute Gasteiger partial charge is 0.348 e. The lowest BCUT2D eigenvalue weighted by Gasteiger charge is -2.23. The van der Waals surface area contributed by atoms with E-state index >= 15 is 0 Å². The molecule has 3 aromatic heterocycles. The van der Waals surface area contributed by atoms with Gasteiger partial charge in [0, 0.05) is 12.6 Å². The lowest BCUT2D eigenvalue weighted by molar-refractivity contribution is 0.367. The first-order valence-electron chi connectivity index (χ1n) is 9.57. The van der Waals surface area contributed by atoms with Crippen molar-refractivity contribution in [1.82, 2.24) is 35.0 Å². The van der Waals surface area contributed by atoms with Crippen LogP contribution in [0, 0.1) is 0 Å². The Labute approximate surface area is 167 Å². The monoisotopic (exact) mass is 384 g/mol. The Balaban J connectivity index is 1.51. The maximum atomic E-state index is 4.42. The summed E-state index contributed by atoms with van der Waals surface area (Å²) in [5.74, 6) is 0.785. The van der Waals surface area contributed by atoms with E-state index in [0.29, 0.717) is 0 Å². The number of anilines is 1. The maximum absolute atomic E-state index is 4.42. The number of nitrogens with one attached hydrogen (secondary N) is 1. The van der Waals surface area contributed by atoms with Crippen molar-refractivity contribution < 1.29 is 0 Å². The molecule has 0 fully saturated rings. The number of nitrogens with zero attached hydrogens (tertiary/aromatic N) is 7. The zero-order valence-electron chi connectivity index (χ0n) is 15.9. The van der Waals surface area contributed by atoms with Crippen molar-refractivity contribution in [3.05, 3.63) is 72.9 Å². The highest BCUT2D eigenvalue weighted by molar-refractivity contribution is 5.74. The minimum Gasteiger partial charge on any atom is -0.348 e. The first-order valence-corrected chi connectivity index (χ1v) is 9.57. The molecular weight excluding hydrogens is 364 g/mol. The average Bonchev–Trinajstić information content (AvgIpc) is 3.38. The molecule has 0 amide bonds. The van der Waals surface area contributed by atoms with E-state index in [1.54, 1.807) is 6.20 Å². The second kappa shape index (κ2) is 7.31. The summed E-state index contributed by atoms with van der Waals surface area (Å²) in [6, 6.07) is 21.8. The summed E-state index contributed by atoms with van der Waals surface area (Å²) in [5, 5.41) is 20.9. The van der Waals surface area contributed by atoms with Crippen LogP contribution in [-0.2, 0) is 0 Å². The molecule has 29 heavy (non-hydrogen) atoms. The van der Waals surface area contributed by atoms with Crippen LogP contribution in [0.15, 0.2) is 72.9 Å². The molecule has 8 heteroatoms. The van der Waals surface area contributed by atoms with Gasteiger partial charge in [-0.15, -0.1) is 10.2 Å². The normalized spacial score (nSPS) is 13.6. The van der Waals surface area contributed by atoms with Crippen LogP contribution in [0.1, 0.15) is 25.6 Å². The van der Waals surface area contributed by atoms with E-state index < -0.39 is 0 Å². The molecular formula is C21H20N8. The molecule has 0 bridgehead atoms. The van der Waals surface area contributed by atoms with Crippen molar-refractivity contribution in [1.29, 1.82) is 0 Å². The van der Waals surface area contributed by atoms with E-state index in [0.717, 1.165) is 34.3 Å². The van der Waals surface area contributed by atoms with E-state index in [1.807, 2.05) is 76.1 Å².